The number of thiazole rings is 1. The van der Waals surface area contributed by atoms with E-state index in [0.717, 1.165) is 22.3 Å². The lowest BCUT2D eigenvalue weighted by Crippen LogP contribution is -2.41. The predicted octanol–water partition coefficient (Wildman–Crippen LogP) is 3.62. The van der Waals surface area contributed by atoms with Crippen LogP contribution in [-0.4, -0.2) is 43.8 Å². The largest absolute Gasteiger partial charge is 0.497 e. The smallest absolute Gasteiger partial charge is 0.243 e. The number of rotatable bonds is 5. The number of nitrogens with one attached hydrogen (secondary N) is 1. The second-order valence-corrected chi connectivity index (χ2v) is 10.1. The normalized spacial score (nSPS) is 15.8. The van der Waals surface area contributed by atoms with Crippen molar-refractivity contribution in [3.8, 4) is 5.75 Å². The number of carbonyl (C=O) groups is 1. The highest BCUT2D eigenvalue weighted by Gasteiger charge is 2.32. The summed E-state index contributed by atoms with van der Waals surface area (Å²) >= 11 is 1.33. The first-order valence-corrected chi connectivity index (χ1v) is 11.7. The van der Waals surface area contributed by atoms with Crippen LogP contribution in [0.15, 0.2) is 41.3 Å². The molecule has 0 bridgehead atoms. The zero-order chi connectivity index (χ0) is 22.2. The Morgan fingerprint density at radius 1 is 1.16 bits per heavy atom. The molecule has 1 N–H and O–H groups in total. The van der Waals surface area contributed by atoms with E-state index in [9.17, 15) is 22.0 Å². The summed E-state index contributed by atoms with van der Waals surface area (Å²) in [4.78, 5) is 16.7. The van der Waals surface area contributed by atoms with Gasteiger partial charge in [0.05, 0.1) is 22.2 Å². The summed E-state index contributed by atoms with van der Waals surface area (Å²) in [5.41, 5.74) is 0.744. The van der Waals surface area contributed by atoms with Gasteiger partial charge in [-0.1, -0.05) is 11.3 Å². The molecule has 0 unspecified atom stereocenters. The van der Waals surface area contributed by atoms with E-state index in [0.29, 0.717) is 29.8 Å². The van der Waals surface area contributed by atoms with Crippen molar-refractivity contribution in [1.82, 2.24) is 9.29 Å². The lowest BCUT2D eigenvalue weighted by Gasteiger charge is -2.30. The quantitative estimate of drug-likeness (QED) is 0.619. The molecule has 3 aromatic rings. The first-order valence-electron chi connectivity index (χ1n) is 9.48. The van der Waals surface area contributed by atoms with Crippen LogP contribution in [0.2, 0.25) is 0 Å². The molecule has 0 aliphatic carbocycles. The number of sulfonamides is 1. The van der Waals surface area contributed by atoms with Crippen molar-refractivity contribution < 1.29 is 26.7 Å². The lowest BCUT2D eigenvalue weighted by atomic mass is 9.97. The van der Waals surface area contributed by atoms with Gasteiger partial charge in [0.15, 0.2) is 16.8 Å². The molecule has 1 saturated heterocycles. The molecule has 0 saturated carbocycles. The van der Waals surface area contributed by atoms with Crippen molar-refractivity contribution in [3.63, 3.8) is 0 Å². The number of hydrogen-bond donors (Lipinski definition) is 1. The number of nitrogens with zero attached hydrogens (tertiary/aromatic N) is 2. The van der Waals surface area contributed by atoms with Gasteiger partial charge in [-0.05, 0) is 49.2 Å². The Morgan fingerprint density at radius 3 is 2.58 bits per heavy atom. The molecule has 1 aliphatic heterocycles. The van der Waals surface area contributed by atoms with Crippen molar-refractivity contribution in [1.29, 1.82) is 0 Å². The zero-order valence-corrected chi connectivity index (χ0v) is 18.1. The van der Waals surface area contributed by atoms with E-state index in [2.05, 4.69) is 10.3 Å². The van der Waals surface area contributed by atoms with Crippen LogP contribution in [0.25, 0.3) is 10.2 Å². The van der Waals surface area contributed by atoms with Crippen LogP contribution in [0, 0.1) is 17.6 Å². The van der Waals surface area contributed by atoms with Crippen LogP contribution in [0.5, 0.6) is 5.75 Å². The molecule has 0 radical (unpaired) electrons. The number of benzene rings is 2. The number of anilines is 1. The van der Waals surface area contributed by atoms with Gasteiger partial charge < -0.3 is 10.1 Å². The van der Waals surface area contributed by atoms with Crippen LogP contribution in [0.4, 0.5) is 13.9 Å². The van der Waals surface area contributed by atoms with Gasteiger partial charge >= 0.3 is 0 Å². The highest BCUT2D eigenvalue weighted by Crippen LogP contribution is 2.30. The van der Waals surface area contributed by atoms with Gasteiger partial charge in [0.1, 0.15) is 5.75 Å². The standard InChI is InChI=1S/C20H19F2N3O4S2/c1-29-13-2-5-17-18(10-13)30-20(23-17)24-19(26)12-6-8-25(9-7-12)31(27,28)14-3-4-15(21)16(22)11-14/h2-5,10-12H,6-9H2,1H3,(H,23,24,26). The molecule has 0 atom stereocenters. The minimum atomic E-state index is -3.96. The summed E-state index contributed by atoms with van der Waals surface area (Å²) in [7, 11) is -2.39. The van der Waals surface area contributed by atoms with Crippen molar-refractivity contribution in [2.75, 3.05) is 25.5 Å². The maximum Gasteiger partial charge on any atom is 0.243 e. The number of piperidine rings is 1. The third-order valence-corrected chi connectivity index (χ3v) is 8.01. The molecular formula is C20H19F2N3O4S2. The Labute approximate surface area is 181 Å². The van der Waals surface area contributed by atoms with E-state index in [1.165, 1.54) is 15.6 Å². The van der Waals surface area contributed by atoms with E-state index in [1.807, 2.05) is 12.1 Å². The van der Waals surface area contributed by atoms with E-state index in [1.54, 1.807) is 13.2 Å². The minimum absolute atomic E-state index is 0.108. The fourth-order valence-corrected chi connectivity index (χ4v) is 5.82. The average molecular weight is 468 g/mol. The number of methoxy groups -OCH3 is 1. The van der Waals surface area contributed by atoms with Crippen molar-refractivity contribution in [3.05, 3.63) is 48.0 Å². The molecule has 1 aromatic heterocycles. The molecule has 0 spiro atoms. The molecular weight excluding hydrogens is 448 g/mol. The zero-order valence-electron chi connectivity index (χ0n) is 16.5. The number of aromatic nitrogens is 1. The summed E-state index contributed by atoms with van der Waals surface area (Å²) < 4.78 is 59.2. The average Bonchev–Trinajstić information content (AvgIpc) is 3.16. The number of halogens is 2. The van der Waals surface area contributed by atoms with E-state index < -0.39 is 21.7 Å². The Morgan fingerprint density at radius 2 is 1.90 bits per heavy atom. The summed E-state index contributed by atoms with van der Waals surface area (Å²) in [5.74, 6) is -2.23. The maximum atomic E-state index is 13.4. The molecule has 2 aromatic carbocycles. The number of fused-ring (bicyclic) bond motifs is 1. The molecule has 1 amide bonds. The Balaban J connectivity index is 1.40. The summed E-state index contributed by atoms with van der Waals surface area (Å²) in [6.07, 6.45) is 0.626. The fraction of sp³-hybridized carbons (Fsp3) is 0.300. The second kappa shape index (κ2) is 8.48. The van der Waals surface area contributed by atoms with E-state index in [4.69, 9.17) is 4.74 Å². The molecule has 1 aliphatic rings. The van der Waals surface area contributed by atoms with Gasteiger partial charge in [-0.25, -0.2) is 22.2 Å². The van der Waals surface area contributed by atoms with Gasteiger partial charge in [0.25, 0.3) is 0 Å². The minimum Gasteiger partial charge on any atom is -0.497 e. The third kappa shape index (κ3) is 4.39. The van der Waals surface area contributed by atoms with Crippen LogP contribution in [0.1, 0.15) is 12.8 Å². The predicted molar refractivity (Wildman–Crippen MR) is 113 cm³/mol. The Hall–Kier alpha value is -2.63. The monoisotopic (exact) mass is 467 g/mol. The van der Waals surface area contributed by atoms with E-state index in [-0.39, 0.29) is 29.8 Å². The lowest BCUT2D eigenvalue weighted by molar-refractivity contribution is -0.120. The van der Waals surface area contributed by atoms with Crippen molar-refractivity contribution >= 4 is 42.6 Å². The van der Waals surface area contributed by atoms with Crippen LogP contribution >= 0.6 is 11.3 Å². The number of ether oxygens (including phenoxy) is 1. The summed E-state index contributed by atoms with van der Waals surface area (Å²) in [6.45, 7) is 0.215. The molecule has 2 heterocycles. The van der Waals surface area contributed by atoms with Crippen LogP contribution < -0.4 is 10.1 Å². The molecule has 1 fully saturated rings. The number of hydrogen-bond acceptors (Lipinski definition) is 6. The summed E-state index contributed by atoms with van der Waals surface area (Å²) in [5, 5.41) is 3.27. The van der Waals surface area contributed by atoms with Gasteiger partial charge in [0.2, 0.25) is 15.9 Å². The SMILES string of the molecule is COc1ccc2nc(NC(=O)C3CCN(S(=O)(=O)c4ccc(F)c(F)c4)CC3)sc2c1. The topological polar surface area (TPSA) is 88.6 Å². The molecule has 7 nitrogen and oxygen atoms in total. The van der Waals surface area contributed by atoms with Gasteiger partial charge in [-0.15, -0.1) is 0 Å². The van der Waals surface area contributed by atoms with Crippen LogP contribution in [0.3, 0.4) is 0 Å². The van der Waals surface area contributed by atoms with Crippen molar-refractivity contribution in [2.24, 2.45) is 5.92 Å². The molecule has 164 valence electrons. The second-order valence-electron chi connectivity index (χ2n) is 7.10. The third-order valence-electron chi connectivity index (χ3n) is 5.18. The van der Waals surface area contributed by atoms with Crippen molar-refractivity contribution in [2.45, 2.75) is 17.7 Å². The maximum absolute atomic E-state index is 13.4. The van der Waals surface area contributed by atoms with Gasteiger partial charge in [-0.2, -0.15) is 4.31 Å². The first-order chi connectivity index (χ1) is 14.8. The number of carbonyl (C=O) groups excluding carboxylic acids is 1. The Bertz CT molecular complexity index is 1240. The highest BCUT2D eigenvalue weighted by molar-refractivity contribution is 7.89. The highest BCUT2D eigenvalue weighted by atomic mass is 32.2. The van der Waals surface area contributed by atoms with Crippen LogP contribution in [-0.2, 0) is 14.8 Å². The fourth-order valence-electron chi connectivity index (χ4n) is 3.44. The Kier molecular flexibility index (Phi) is 5.91. The molecule has 31 heavy (non-hydrogen) atoms. The summed E-state index contributed by atoms with van der Waals surface area (Å²) in [6, 6.07) is 7.93. The van der Waals surface area contributed by atoms with Gasteiger partial charge in [-0.3, -0.25) is 4.79 Å². The first kappa shape index (κ1) is 21.6. The van der Waals surface area contributed by atoms with Gasteiger partial charge in [0, 0.05) is 19.0 Å². The van der Waals surface area contributed by atoms with E-state index >= 15 is 0 Å². The molecule has 11 heteroatoms. The number of amides is 1. The molecule has 4 rings (SSSR count).